The van der Waals surface area contributed by atoms with Crippen LogP contribution in [0.5, 0.6) is 5.75 Å². The van der Waals surface area contributed by atoms with E-state index in [9.17, 15) is 15.2 Å². The van der Waals surface area contributed by atoms with Crippen molar-refractivity contribution in [1.82, 2.24) is 14.6 Å². The summed E-state index contributed by atoms with van der Waals surface area (Å²) >= 11 is 0. The number of aromatic nitrogens is 3. The minimum absolute atomic E-state index is 0.0965. The molecule has 0 aliphatic carbocycles. The molecule has 0 bridgehead atoms. The van der Waals surface area contributed by atoms with Gasteiger partial charge in [0.2, 0.25) is 0 Å². The highest BCUT2D eigenvalue weighted by Gasteiger charge is 2.37. The number of aryl methyl sites for hydroxylation is 1. The van der Waals surface area contributed by atoms with Gasteiger partial charge in [0.15, 0.2) is 11.8 Å². The zero-order valence-corrected chi connectivity index (χ0v) is 29.9. The van der Waals surface area contributed by atoms with Crippen LogP contribution < -0.4 is 9.64 Å². The third kappa shape index (κ3) is 8.07. The lowest BCUT2D eigenvalue weighted by Gasteiger charge is -2.41. The molecule has 1 saturated heterocycles. The van der Waals surface area contributed by atoms with Gasteiger partial charge >= 0.3 is 5.97 Å². The van der Waals surface area contributed by atoms with E-state index in [2.05, 4.69) is 31.1 Å². The summed E-state index contributed by atoms with van der Waals surface area (Å²) in [5.74, 6) is 0.218. The molecule has 1 N–H and O–H groups in total. The van der Waals surface area contributed by atoms with Gasteiger partial charge in [-0.2, -0.15) is 14.9 Å². The highest BCUT2D eigenvalue weighted by atomic mass is 16.5. The molecule has 0 amide bonds. The number of aliphatic carboxylic acids is 1. The SMILES string of the molecule is C=CCOC1(C)CCN(c2c(C(OC(C)(C)C)C(=O)O)c(C)nc3cc(-c4cccc(-c5cc(C#N)ccc5O[C@@H](C)CC=C)c4)nn23)CC1. The van der Waals surface area contributed by atoms with Crippen molar-refractivity contribution >= 4 is 17.4 Å². The van der Waals surface area contributed by atoms with Crippen LogP contribution >= 0.6 is 0 Å². The van der Waals surface area contributed by atoms with Gasteiger partial charge in [-0.05, 0) is 84.2 Å². The van der Waals surface area contributed by atoms with Crippen LogP contribution in [0.2, 0.25) is 0 Å². The number of anilines is 1. The Hall–Kier alpha value is -4.98. The predicted octanol–water partition coefficient (Wildman–Crippen LogP) is 8.09. The number of carbonyl (C=O) groups is 1. The highest BCUT2D eigenvalue weighted by Crippen LogP contribution is 2.39. The van der Waals surface area contributed by atoms with Crippen molar-refractivity contribution in [3.05, 3.63) is 90.7 Å². The number of ether oxygens (including phenoxy) is 3. The fourth-order valence-corrected chi connectivity index (χ4v) is 6.32. The van der Waals surface area contributed by atoms with E-state index in [1.165, 1.54) is 0 Å². The Kier molecular flexibility index (Phi) is 10.8. The molecule has 262 valence electrons. The number of rotatable bonds is 13. The van der Waals surface area contributed by atoms with Crippen LogP contribution in [0.15, 0.2) is 73.8 Å². The summed E-state index contributed by atoms with van der Waals surface area (Å²) in [5, 5.41) is 25.2. The van der Waals surface area contributed by atoms with Crippen LogP contribution in [0.4, 0.5) is 5.82 Å². The van der Waals surface area contributed by atoms with E-state index in [0.29, 0.717) is 65.8 Å². The molecule has 5 rings (SSSR count). The number of benzene rings is 2. The number of carboxylic acid groups (broad SMARTS) is 1. The van der Waals surface area contributed by atoms with E-state index in [4.69, 9.17) is 24.3 Å². The van der Waals surface area contributed by atoms with Crippen LogP contribution in [0, 0.1) is 18.3 Å². The Morgan fingerprint density at radius 1 is 1.12 bits per heavy atom. The number of fused-ring (bicyclic) bond motifs is 1. The van der Waals surface area contributed by atoms with Gasteiger partial charge in [0.25, 0.3) is 0 Å². The van der Waals surface area contributed by atoms with Gasteiger partial charge in [-0.1, -0.05) is 30.4 Å². The van der Waals surface area contributed by atoms with E-state index in [-0.39, 0.29) is 11.7 Å². The van der Waals surface area contributed by atoms with Crippen molar-refractivity contribution in [2.24, 2.45) is 0 Å². The summed E-state index contributed by atoms with van der Waals surface area (Å²) in [6.45, 7) is 20.8. The molecule has 1 aliphatic rings. The highest BCUT2D eigenvalue weighted by molar-refractivity contribution is 5.80. The van der Waals surface area contributed by atoms with E-state index >= 15 is 0 Å². The second kappa shape index (κ2) is 14.9. The first kappa shape index (κ1) is 36.3. The van der Waals surface area contributed by atoms with Crippen LogP contribution in [-0.2, 0) is 14.3 Å². The van der Waals surface area contributed by atoms with E-state index in [1.807, 2.05) is 83.2 Å². The zero-order chi connectivity index (χ0) is 36.2. The van der Waals surface area contributed by atoms with E-state index in [1.54, 1.807) is 16.7 Å². The largest absolute Gasteiger partial charge is 0.490 e. The predicted molar refractivity (Wildman–Crippen MR) is 195 cm³/mol. The lowest BCUT2D eigenvalue weighted by Crippen LogP contribution is -2.45. The first-order valence-corrected chi connectivity index (χ1v) is 17.0. The molecule has 4 aromatic rings. The third-order valence-corrected chi connectivity index (χ3v) is 8.84. The van der Waals surface area contributed by atoms with Gasteiger partial charge in [0.05, 0.1) is 46.8 Å². The fourth-order valence-electron chi connectivity index (χ4n) is 6.32. The molecule has 0 spiro atoms. The van der Waals surface area contributed by atoms with Gasteiger partial charge < -0.3 is 24.2 Å². The monoisotopic (exact) mass is 677 g/mol. The van der Waals surface area contributed by atoms with Crippen LogP contribution in [0.1, 0.15) is 76.8 Å². The normalized spacial score (nSPS) is 15.7. The number of hydrogen-bond donors (Lipinski definition) is 1. The number of piperidine rings is 1. The van der Waals surface area contributed by atoms with Crippen LogP contribution in [0.25, 0.3) is 28.0 Å². The molecule has 10 nitrogen and oxygen atoms in total. The standard InChI is InChI=1S/C40H47N5O5/c1-9-12-26(3)49-33-16-15-28(25-41)22-31(33)29-13-11-14-30(23-29)32-24-34-42-27(4)35(36(38(46)47)50-39(5,6)7)37(45(34)43-32)44-19-17-40(8,18-20-44)48-21-10-2/h9-11,13-16,22-24,26,36H,1-2,12,17-21H2,3-8H3,(H,46,47)/t26-,36?/m0/s1. The summed E-state index contributed by atoms with van der Waals surface area (Å²) in [5.41, 5.74) is 4.24. The maximum Gasteiger partial charge on any atom is 0.337 e. The Labute approximate surface area is 294 Å². The van der Waals surface area contributed by atoms with Gasteiger partial charge in [-0.25, -0.2) is 9.78 Å². The first-order chi connectivity index (χ1) is 23.8. The third-order valence-electron chi connectivity index (χ3n) is 8.84. The molecule has 10 heteroatoms. The van der Waals surface area contributed by atoms with Crippen LogP contribution in [0.3, 0.4) is 0 Å². The number of nitriles is 1. The Morgan fingerprint density at radius 3 is 2.48 bits per heavy atom. The molecule has 0 radical (unpaired) electrons. The maximum absolute atomic E-state index is 12.8. The average molecular weight is 678 g/mol. The van der Waals surface area contributed by atoms with Gasteiger partial charge in [-0.15, -0.1) is 13.2 Å². The molecule has 1 aliphatic heterocycles. The van der Waals surface area contributed by atoms with Gasteiger partial charge in [0, 0.05) is 42.4 Å². The molecular formula is C40H47N5O5. The van der Waals surface area contributed by atoms with E-state index < -0.39 is 17.7 Å². The Morgan fingerprint density at radius 2 is 1.84 bits per heavy atom. The van der Waals surface area contributed by atoms with Crippen molar-refractivity contribution in [2.75, 3.05) is 24.6 Å². The Balaban J connectivity index is 1.64. The summed E-state index contributed by atoms with van der Waals surface area (Å²) in [7, 11) is 0. The summed E-state index contributed by atoms with van der Waals surface area (Å²) in [6, 6.07) is 17.5. The van der Waals surface area contributed by atoms with Crippen molar-refractivity contribution in [2.45, 2.75) is 84.2 Å². The number of nitrogens with zero attached hydrogens (tertiary/aromatic N) is 5. The molecule has 3 heterocycles. The van der Waals surface area contributed by atoms with E-state index in [0.717, 1.165) is 29.5 Å². The fraction of sp³-hybridized carbons (Fsp3) is 0.400. The zero-order valence-electron chi connectivity index (χ0n) is 29.9. The lowest BCUT2D eigenvalue weighted by molar-refractivity contribution is -0.160. The topological polar surface area (TPSA) is 122 Å². The second-order valence-corrected chi connectivity index (χ2v) is 14.1. The van der Waals surface area contributed by atoms with Crippen molar-refractivity contribution in [3.63, 3.8) is 0 Å². The molecule has 1 unspecified atom stereocenters. The van der Waals surface area contributed by atoms with Crippen molar-refractivity contribution < 1.29 is 24.1 Å². The average Bonchev–Trinajstić information content (AvgIpc) is 3.50. The quantitative estimate of drug-likeness (QED) is 0.140. The molecule has 2 aromatic carbocycles. The molecule has 2 atom stereocenters. The molecule has 50 heavy (non-hydrogen) atoms. The van der Waals surface area contributed by atoms with Crippen molar-refractivity contribution in [1.29, 1.82) is 5.26 Å². The van der Waals surface area contributed by atoms with Crippen LogP contribution in [-0.4, -0.2) is 62.7 Å². The smallest absolute Gasteiger partial charge is 0.337 e. The second-order valence-electron chi connectivity index (χ2n) is 14.1. The van der Waals surface area contributed by atoms with Crippen molar-refractivity contribution in [3.8, 4) is 34.2 Å². The maximum atomic E-state index is 12.8. The minimum atomic E-state index is -1.27. The Bertz CT molecular complexity index is 1930. The minimum Gasteiger partial charge on any atom is -0.490 e. The molecular weight excluding hydrogens is 630 g/mol. The van der Waals surface area contributed by atoms with Gasteiger partial charge in [-0.3, -0.25) is 0 Å². The summed E-state index contributed by atoms with van der Waals surface area (Å²) < 4.78 is 20.3. The van der Waals surface area contributed by atoms with Gasteiger partial charge in [0.1, 0.15) is 11.6 Å². The summed E-state index contributed by atoms with van der Waals surface area (Å²) in [4.78, 5) is 19.9. The summed E-state index contributed by atoms with van der Waals surface area (Å²) in [6.07, 6.45) is 4.35. The first-order valence-electron chi connectivity index (χ1n) is 17.0. The lowest BCUT2D eigenvalue weighted by atomic mass is 9.92. The molecule has 1 fully saturated rings. The molecule has 2 aromatic heterocycles. The number of carboxylic acids is 1. The molecule has 0 saturated carbocycles. The number of hydrogen-bond acceptors (Lipinski definition) is 8.